The van der Waals surface area contributed by atoms with Gasteiger partial charge in [0.25, 0.3) is 5.91 Å². The molecule has 4 nitrogen and oxygen atoms in total. The summed E-state index contributed by atoms with van der Waals surface area (Å²) in [6.07, 6.45) is 6.30. The third-order valence-corrected chi connectivity index (χ3v) is 4.94. The number of carbonyl (C=O) groups excluding carboxylic acids is 1. The first-order valence-corrected chi connectivity index (χ1v) is 9.01. The van der Waals surface area contributed by atoms with Crippen LogP contribution in [-0.2, 0) is 0 Å². The average Bonchev–Trinajstić information content (AvgIpc) is 3.39. The third-order valence-electron chi connectivity index (χ3n) is 4.94. The van der Waals surface area contributed by atoms with Crippen LogP contribution in [0.25, 0.3) is 0 Å². The number of amides is 1. The van der Waals surface area contributed by atoms with E-state index in [1.165, 1.54) is 25.7 Å². The smallest absolute Gasteiger partial charge is 0.254 e. The third kappa shape index (κ3) is 4.25. The van der Waals surface area contributed by atoms with Gasteiger partial charge in [-0.2, -0.15) is 0 Å². The second-order valence-electron chi connectivity index (χ2n) is 7.00. The Morgan fingerprint density at radius 2 is 2.22 bits per heavy atom. The van der Waals surface area contributed by atoms with Gasteiger partial charge in [0.2, 0.25) is 0 Å². The fourth-order valence-corrected chi connectivity index (χ4v) is 3.51. The molecule has 2 fully saturated rings. The van der Waals surface area contributed by atoms with Gasteiger partial charge in [-0.1, -0.05) is 19.4 Å². The molecule has 4 heteroatoms. The molecule has 0 spiro atoms. The Morgan fingerprint density at radius 3 is 2.91 bits per heavy atom. The van der Waals surface area contributed by atoms with Crippen molar-refractivity contribution in [3.05, 3.63) is 29.8 Å². The zero-order valence-electron chi connectivity index (χ0n) is 14.0. The summed E-state index contributed by atoms with van der Waals surface area (Å²) in [5.41, 5.74) is 1.76. The fraction of sp³-hybridized carbons (Fsp3) is 0.632. The number of aliphatic hydroxyl groups excluding tert-OH is 1. The molecule has 2 unspecified atom stereocenters. The van der Waals surface area contributed by atoms with Crippen LogP contribution in [0.3, 0.4) is 0 Å². The van der Waals surface area contributed by atoms with Crippen LogP contribution in [-0.4, -0.2) is 41.1 Å². The lowest BCUT2D eigenvalue weighted by Crippen LogP contribution is -2.42. The van der Waals surface area contributed by atoms with Gasteiger partial charge in [0.1, 0.15) is 0 Å². The van der Waals surface area contributed by atoms with E-state index in [1.807, 2.05) is 24.3 Å². The second-order valence-corrected chi connectivity index (χ2v) is 7.00. The van der Waals surface area contributed by atoms with Crippen molar-refractivity contribution in [1.82, 2.24) is 4.90 Å². The predicted octanol–water partition coefficient (Wildman–Crippen LogP) is 3.27. The van der Waals surface area contributed by atoms with Crippen molar-refractivity contribution in [3.63, 3.8) is 0 Å². The number of anilines is 1. The van der Waals surface area contributed by atoms with Gasteiger partial charge < -0.3 is 15.3 Å². The van der Waals surface area contributed by atoms with Gasteiger partial charge in [-0.15, -0.1) is 0 Å². The summed E-state index contributed by atoms with van der Waals surface area (Å²) >= 11 is 0. The van der Waals surface area contributed by atoms with Gasteiger partial charge >= 0.3 is 0 Å². The Hall–Kier alpha value is -1.55. The van der Waals surface area contributed by atoms with Crippen LogP contribution in [0.2, 0.25) is 0 Å². The van der Waals surface area contributed by atoms with Crippen LogP contribution < -0.4 is 5.32 Å². The van der Waals surface area contributed by atoms with E-state index in [9.17, 15) is 9.90 Å². The summed E-state index contributed by atoms with van der Waals surface area (Å²) < 4.78 is 0. The molecule has 1 heterocycles. The van der Waals surface area contributed by atoms with Crippen LogP contribution >= 0.6 is 0 Å². The predicted molar refractivity (Wildman–Crippen MR) is 92.6 cm³/mol. The van der Waals surface area contributed by atoms with E-state index in [0.717, 1.165) is 36.6 Å². The SMILES string of the molecule is CCCC(Nc1cccc(C(=O)N2CCCC(O)C2)c1)C1CC1. The van der Waals surface area contributed by atoms with Gasteiger partial charge in [-0.3, -0.25) is 4.79 Å². The molecular formula is C19H28N2O2. The highest BCUT2D eigenvalue weighted by Gasteiger charge is 2.30. The van der Waals surface area contributed by atoms with E-state index in [1.54, 1.807) is 4.90 Å². The number of piperidine rings is 1. The van der Waals surface area contributed by atoms with E-state index in [4.69, 9.17) is 0 Å². The lowest BCUT2D eigenvalue weighted by Gasteiger charge is -2.30. The molecule has 3 rings (SSSR count). The maximum atomic E-state index is 12.6. The highest BCUT2D eigenvalue weighted by molar-refractivity contribution is 5.95. The minimum Gasteiger partial charge on any atom is -0.391 e. The van der Waals surface area contributed by atoms with Crippen LogP contribution in [0.1, 0.15) is 55.8 Å². The van der Waals surface area contributed by atoms with Crippen molar-refractivity contribution in [3.8, 4) is 0 Å². The fourth-order valence-electron chi connectivity index (χ4n) is 3.51. The molecule has 1 aromatic rings. The van der Waals surface area contributed by atoms with Crippen molar-refractivity contribution in [1.29, 1.82) is 0 Å². The number of β-amino-alcohol motifs (C(OH)–C–C–N with tert-alkyl or cyclic N) is 1. The summed E-state index contributed by atoms with van der Waals surface area (Å²) in [4.78, 5) is 14.4. The number of hydrogen-bond donors (Lipinski definition) is 2. The van der Waals surface area contributed by atoms with E-state index < -0.39 is 0 Å². The van der Waals surface area contributed by atoms with Crippen LogP contribution in [0, 0.1) is 5.92 Å². The first-order chi connectivity index (χ1) is 11.2. The normalized spacial score (nSPS) is 22.7. The number of hydrogen-bond acceptors (Lipinski definition) is 3. The van der Waals surface area contributed by atoms with E-state index >= 15 is 0 Å². The van der Waals surface area contributed by atoms with E-state index in [-0.39, 0.29) is 12.0 Å². The zero-order chi connectivity index (χ0) is 16.2. The lowest BCUT2D eigenvalue weighted by molar-refractivity contribution is 0.0474. The van der Waals surface area contributed by atoms with Gasteiger partial charge in [0.05, 0.1) is 6.10 Å². The maximum Gasteiger partial charge on any atom is 0.254 e. The molecule has 23 heavy (non-hydrogen) atoms. The molecule has 2 atom stereocenters. The van der Waals surface area contributed by atoms with E-state index in [2.05, 4.69) is 12.2 Å². The Bertz CT molecular complexity index is 542. The Kier molecular flexibility index (Phi) is 5.21. The number of nitrogens with zero attached hydrogens (tertiary/aromatic N) is 1. The number of benzene rings is 1. The highest BCUT2D eigenvalue weighted by Crippen LogP contribution is 2.36. The minimum absolute atomic E-state index is 0.0332. The number of carbonyl (C=O) groups is 1. The number of rotatable bonds is 6. The zero-order valence-corrected chi connectivity index (χ0v) is 14.0. The Balaban J connectivity index is 1.67. The van der Waals surface area contributed by atoms with Gasteiger partial charge in [0.15, 0.2) is 0 Å². The first kappa shape index (κ1) is 16.3. The van der Waals surface area contributed by atoms with Crippen molar-refractivity contribution >= 4 is 11.6 Å². The highest BCUT2D eigenvalue weighted by atomic mass is 16.3. The van der Waals surface area contributed by atoms with Crippen molar-refractivity contribution in [2.75, 3.05) is 18.4 Å². The molecule has 0 bridgehead atoms. The summed E-state index contributed by atoms with van der Waals surface area (Å²) in [7, 11) is 0. The van der Waals surface area contributed by atoms with Crippen LogP contribution in [0.15, 0.2) is 24.3 Å². The van der Waals surface area contributed by atoms with E-state index in [0.29, 0.717) is 12.6 Å². The second kappa shape index (κ2) is 7.35. The molecular weight excluding hydrogens is 288 g/mol. The Morgan fingerprint density at radius 1 is 1.39 bits per heavy atom. The summed E-state index contributed by atoms with van der Waals surface area (Å²) in [5.74, 6) is 0.831. The standard InChI is InChI=1S/C19H28N2O2/c1-2-5-18(14-9-10-14)20-16-7-3-6-15(12-16)19(23)21-11-4-8-17(22)13-21/h3,6-7,12,14,17-18,20,22H,2,4-5,8-11,13H2,1H3. The van der Waals surface area contributed by atoms with Crippen LogP contribution in [0.4, 0.5) is 5.69 Å². The van der Waals surface area contributed by atoms with Gasteiger partial charge in [-0.05, 0) is 56.2 Å². The molecule has 0 aromatic heterocycles. The summed E-state index contributed by atoms with van der Waals surface area (Å²) in [6, 6.07) is 8.37. The minimum atomic E-state index is -0.377. The first-order valence-electron chi connectivity index (χ1n) is 9.01. The van der Waals surface area contributed by atoms with Gasteiger partial charge in [-0.25, -0.2) is 0 Å². The molecule has 1 aromatic carbocycles. The Labute approximate surface area is 138 Å². The van der Waals surface area contributed by atoms with Crippen molar-refractivity contribution < 1.29 is 9.90 Å². The number of nitrogens with one attached hydrogen (secondary N) is 1. The molecule has 2 aliphatic rings. The largest absolute Gasteiger partial charge is 0.391 e. The number of aliphatic hydroxyl groups is 1. The molecule has 1 aliphatic carbocycles. The molecule has 0 radical (unpaired) electrons. The summed E-state index contributed by atoms with van der Waals surface area (Å²) in [6.45, 7) is 3.42. The number of likely N-dealkylation sites (tertiary alicyclic amines) is 1. The van der Waals surface area contributed by atoms with Crippen molar-refractivity contribution in [2.24, 2.45) is 5.92 Å². The monoisotopic (exact) mass is 316 g/mol. The summed E-state index contributed by atoms with van der Waals surface area (Å²) in [5, 5.41) is 13.4. The maximum absolute atomic E-state index is 12.6. The molecule has 2 N–H and O–H groups in total. The quantitative estimate of drug-likeness (QED) is 0.847. The molecule has 1 saturated heterocycles. The molecule has 126 valence electrons. The van der Waals surface area contributed by atoms with Gasteiger partial charge in [0, 0.05) is 30.4 Å². The topological polar surface area (TPSA) is 52.6 Å². The average molecular weight is 316 g/mol. The molecule has 1 saturated carbocycles. The molecule has 1 amide bonds. The molecule has 1 aliphatic heterocycles. The van der Waals surface area contributed by atoms with Crippen LogP contribution in [0.5, 0.6) is 0 Å². The van der Waals surface area contributed by atoms with Crippen molar-refractivity contribution in [2.45, 2.75) is 57.6 Å². The lowest BCUT2D eigenvalue weighted by atomic mass is 10.0.